The van der Waals surface area contributed by atoms with Crippen molar-refractivity contribution in [2.24, 2.45) is 4.99 Å². The van der Waals surface area contributed by atoms with Crippen LogP contribution in [0, 0.1) is 0 Å². The lowest BCUT2D eigenvalue weighted by Crippen LogP contribution is -2.43. The molecule has 3 heterocycles. The van der Waals surface area contributed by atoms with Crippen LogP contribution in [0.1, 0.15) is 12.7 Å². The molecule has 2 aromatic heterocycles. The molecule has 0 unspecified atom stereocenters. The fourth-order valence-corrected chi connectivity index (χ4v) is 2.46. The molecule has 3 amide bonds. The van der Waals surface area contributed by atoms with Crippen LogP contribution >= 0.6 is 24.0 Å². The number of rotatable bonds is 6. The highest BCUT2D eigenvalue weighted by Crippen LogP contribution is 2.03. The second-order valence-corrected chi connectivity index (χ2v) is 5.37. The van der Waals surface area contributed by atoms with E-state index in [1.54, 1.807) is 0 Å². The Morgan fingerprint density at radius 2 is 2.15 bits per heavy atom. The maximum atomic E-state index is 11.5. The molecule has 26 heavy (non-hydrogen) atoms. The van der Waals surface area contributed by atoms with Crippen LogP contribution in [0.5, 0.6) is 0 Å². The van der Waals surface area contributed by atoms with E-state index in [9.17, 15) is 9.59 Å². The zero-order chi connectivity index (χ0) is 17.6. The quantitative estimate of drug-likeness (QED) is 0.235. The number of fused-ring (bicyclic) bond motifs is 1. The third-order valence-electron chi connectivity index (χ3n) is 3.67. The van der Waals surface area contributed by atoms with Crippen LogP contribution in [0.2, 0.25) is 0 Å². The molecule has 11 heteroatoms. The molecule has 0 saturated carbocycles. The van der Waals surface area contributed by atoms with Crippen molar-refractivity contribution in [3.05, 3.63) is 30.2 Å². The largest absolute Gasteiger partial charge is 0.357 e. The van der Waals surface area contributed by atoms with Crippen molar-refractivity contribution >= 4 is 47.5 Å². The van der Waals surface area contributed by atoms with Gasteiger partial charge in [-0.15, -0.1) is 34.2 Å². The van der Waals surface area contributed by atoms with Crippen molar-refractivity contribution in [1.82, 2.24) is 35.4 Å². The number of hydrogen-bond acceptors (Lipinski definition) is 5. The normalized spacial score (nSPS) is 14.3. The lowest BCUT2D eigenvalue weighted by molar-refractivity contribution is -0.124. The molecule has 3 N–H and O–H groups in total. The van der Waals surface area contributed by atoms with E-state index in [0.717, 1.165) is 11.5 Å². The molecule has 140 valence electrons. The summed E-state index contributed by atoms with van der Waals surface area (Å²) in [5.41, 5.74) is 0.768. The Morgan fingerprint density at radius 1 is 1.31 bits per heavy atom. The van der Waals surface area contributed by atoms with Crippen molar-refractivity contribution < 1.29 is 9.59 Å². The number of carbonyl (C=O) groups excluding carboxylic acids is 2. The minimum Gasteiger partial charge on any atom is -0.357 e. The first-order valence-corrected chi connectivity index (χ1v) is 8.08. The Bertz CT molecular complexity index is 790. The summed E-state index contributed by atoms with van der Waals surface area (Å²) >= 11 is 0. The van der Waals surface area contributed by atoms with Gasteiger partial charge in [-0.25, -0.2) is 9.79 Å². The standard InChI is InChI=1S/C15H20N8O2.HI/c1-2-16-14(17-6-8-23-13(24)10-19-15(23)25)18-9-12-21-20-11-5-3-4-7-22(11)12;/h3-5,7H,2,6,8-10H2,1H3,(H,19,25)(H2,16,17,18);1H. The van der Waals surface area contributed by atoms with Crippen LogP contribution in [0.3, 0.4) is 0 Å². The van der Waals surface area contributed by atoms with Gasteiger partial charge in [0.1, 0.15) is 6.54 Å². The van der Waals surface area contributed by atoms with Crippen molar-refractivity contribution in [2.45, 2.75) is 13.5 Å². The summed E-state index contributed by atoms with van der Waals surface area (Å²) in [5.74, 6) is 1.09. The second kappa shape index (κ2) is 9.31. The third-order valence-corrected chi connectivity index (χ3v) is 3.67. The second-order valence-electron chi connectivity index (χ2n) is 5.37. The van der Waals surface area contributed by atoms with E-state index in [4.69, 9.17) is 0 Å². The fourth-order valence-electron chi connectivity index (χ4n) is 2.46. The smallest absolute Gasteiger partial charge is 0.324 e. The van der Waals surface area contributed by atoms with Gasteiger partial charge < -0.3 is 16.0 Å². The first kappa shape index (κ1) is 19.9. The molecular formula is C15H21IN8O2. The number of nitrogens with one attached hydrogen (secondary N) is 3. The maximum Gasteiger partial charge on any atom is 0.324 e. The van der Waals surface area contributed by atoms with Gasteiger partial charge in [0, 0.05) is 25.8 Å². The Morgan fingerprint density at radius 3 is 2.88 bits per heavy atom. The first-order valence-electron chi connectivity index (χ1n) is 8.08. The van der Waals surface area contributed by atoms with Crippen molar-refractivity contribution in [2.75, 3.05) is 26.2 Å². The van der Waals surface area contributed by atoms with Crippen LogP contribution in [0.15, 0.2) is 29.4 Å². The van der Waals surface area contributed by atoms with Crippen LogP contribution in [-0.2, 0) is 11.3 Å². The SMILES string of the molecule is CCNC(=NCc1nnc2ccccn12)NCCN1C(=O)CNC1=O.I. The van der Waals surface area contributed by atoms with Crippen molar-refractivity contribution in [1.29, 1.82) is 0 Å². The zero-order valence-electron chi connectivity index (χ0n) is 14.3. The molecule has 3 rings (SSSR count). The van der Waals surface area contributed by atoms with Crippen molar-refractivity contribution in [3.8, 4) is 0 Å². The van der Waals surface area contributed by atoms with Gasteiger partial charge in [-0.2, -0.15) is 0 Å². The predicted molar refractivity (Wildman–Crippen MR) is 106 cm³/mol. The molecule has 10 nitrogen and oxygen atoms in total. The summed E-state index contributed by atoms with van der Waals surface area (Å²) in [6, 6.07) is 5.33. The summed E-state index contributed by atoms with van der Waals surface area (Å²) in [5, 5.41) is 16.9. The number of amides is 3. The molecule has 1 aliphatic rings. The molecule has 0 aliphatic carbocycles. The fraction of sp³-hybridized carbons (Fsp3) is 0.400. The summed E-state index contributed by atoms with van der Waals surface area (Å²) < 4.78 is 1.88. The number of nitrogens with zero attached hydrogens (tertiary/aromatic N) is 5. The van der Waals surface area contributed by atoms with E-state index in [2.05, 4.69) is 31.1 Å². The first-order chi connectivity index (χ1) is 12.2. The Kier molecular flexibility index (Phi) is 7.12. The average molecular weight is 472 g/mol. The molecule has 0 radical (unpaired) electrons. The molecule has 0 atom stereocenters. The number of urea groups is 1. The van der Waals surface area contributed by atoms with E-state index in [0.29, 0.717) is 25.6 Å². The van der Waals surface area contributed by atoms with Gasteiger partial charge in [-0.05, 0) is 19.1 Å². The van der Waals surface area contributed by atoms with Crippen LogP contribution < -0.4 is 16.0 Å². The topological polar surface area (TPSA) is 116 Å². The lowest BCUT2D eigenvalue weighted by atomic mass is 10.4. The maximum absolute atomic E-state index is 11.5. The molecule has 2 aromatic rings. The Balaban J connectivity index is 0.00000243. The summed E-state index contributed by atoms with van der Waals surface area (Å²) in [6.07, 6.45) is 1.89. The van der Waals surface area contributed by atoms with E-state index in [1.165, 1.54) is 4.90 Å². The molecule has 1 fully saturated rings. The minimum atomic E-state index is -0.358. The van der Waals surface area contributed by atoms with Crippen molar-refractivity contribution in [3.63, 3.8) is 0 Å². The number of guanidine groups is 1. The van der Waals surface area contributed by atoms with Gasteiger partial charge in [-0.1, -0.05) is 6.07 Å². The number of imide groups is 1. The average Bonchev–Trinajstić information content (AvgIpc) is 3.17. The molecule has 0 spiro atoms. The van der Waals surface area contributed by atoms with Gasteiger partial charge in [0.05, 0.1) is 6.54 Å². The number of aliphatic imine (C=N–C) groups is 1. The highest BCUT2D eigenvalue weighted by Gasteiger charge is 2.27. The summed E-state index contributed by atoms with van der Waals surface area (Å²) in [7, 11) is 0. The number of carbonyl (C=O) groups is 2. The molecule has 1 aliphatic heterocycles. The van der Waals surface area contributed by atoms with Gasteiger partial charge in [0.2, 0.25) is 5.91 Å². The van der Waals surface area contributed by atoms with Crippen LogP contribution in [0.25, 0.3) is 5.65 Å². The summed E-state index contributed by atoms with van der Waals surface area (Å²) in [6.45, 7) is 3.75. The highest BCUT2D eigenvalue weighted by atomic mass is 127. The number of halogens is 1. The van der Waals surface area contributed by atoms with Gasteiger partial charge in [0.25, 0.3) is 0 Å². The summed E-state index contributed by atoms with van der Waals surface area (Å²) in [4.78, 5) is 28.7. The Hall–Kier alpha value is -2.44. The number of aromatic nitrogens is 3. The number of hydrogen-bond donors (Lipinski definition) is 3. The molecule has 1 saturated heterocycles. The molecule has 0 aromatic carbocycles. The Labute approximate surface area is 167 Å². The van der Waals surface area contributed by atoms with E-state index in [1.807, 2.05) is 35.7 Å². The van der Waals surface area contributed by atoms with Gasteiger partial charge >= 0.3 is 6.03 Å². The minimum absolute atomic E-state index is 0. The van der Waals surface area contributed by atoms with E-state index < -0.39 is 0 Å². The van der Waals surface area contributed by atoms with Crippen LogP contribution in [-0.4, -0.2) is 63.6 Å². The lowest BCUT2D eigenvalue weighted by Gasteiger charge is -2.15. The van der Waals surface area contributed by atoms with Gasteiger partial charge in [-0.3, -0.25) is 14.1 Å². The monoisotopic (exact) mass is 472 g/mol. The van der Waals surface area contributed by atoms with Gasteiger partial charge in [0.15, 0.2) is 17.4 Å². The third kappa shape index (κ3) is 4.59. The highest BCUT2D eigenvalue weighted by molar-refractivity contribution is 14.0. The van der Waals surface area contributed by atoms with E-state index >= 15 is 0 Å². The molecule has 0 bridgehead atoms. The zero-order valence-corrected chi connectivity index (χ0v) is 16.6. The van der Waals surface area contributed by atoms with E-state index in [-0.39, 0.29) is 49.0 Å². The molecular weight excluding hydrogens is 451 g/mol. The number of pyridine rings is 1. The predicted octanol–water partition coefficient (Wildman–Crippen LogP) is -0.0458. The van der Waals surface area contributed by atoms with Crippen LogP contribution in [0.4, 0.5) is 4.79 Å².